The van der Waals surface area contributed by atoms with Gasteiger partial charge in [0.2, 0.25) is 0 Å². The van der Waals surface area contributed by atoms with Crippen LogP contribution in [0.3, 0.4) is 0 Å². The highest BCUT2D eigenvalue weighted by atomic mass is 16.3. The third kappa shape index (κ3) is 1.83. The zero-order valence-corrected chi connectivity index (χ0v) is 8.96. The fraction of sp³-hybridized carbons (Fsp3) is 0.538. The van der Waals surface area contributed by atoms with Gasteiger partial charge in [0, 0.05) is 0 Å². The van der Waals surface area contributed by atoms with Crippen molar-refractivity contribution in [2.24, 2.45) is 0 Å². The van der Waals surface area contributed by atoms with Gasteiger partial charge in [0.15, 0.2) is 0 Å². The minimum absolute atomic E-state index is 0.710. The van der Waals surface area contributed by atoms with Crippen LogP contribution >= 0.6 is 0 Å². The lowest BCUT2D eigenvalue weighted by molar-refractivity contribution is 0.0785. The molecule has 0 saturated heterocycles. The monoisotopic (exact) mass is 190 g/mol. The second kappa shape index (κ2) is 3.39. The molecular weight excluding hydrogens is 172 g/mol. The lowest BCUT2D eigenvalue weighted by atomic mass is 9.79. The SMILES string of the molecule is CC(C)(O)c1ccc(C2CCC2)cc1. The summed E-state index contributed by atoms with van der Waals surface area (Å²) in [6.07, 6.45) is 4.04. The molecule has 0 aromatic heterocycles. The van der Waals surface area contributed by atoms with Gasteiger partial charge < -0.3 is 5.11 Å². The largest absolute Gasteiger partial charge is 0.386 e. The normalized spacial score (nSPS) is 17.9. The fourth-order valence-corrected chi connectivity index (χ4v) is 1.90. The first-order valence-corrected chi connectivity index (χ1v) is 5.40. The van der Waals surface area contributed by atoms with E-state index in [1.807, 2.05) is 26.0 Å². The molecule has 1 saturated carbocycles. The molecular formula is C13H18O. The maximum Gasteiger partial charge on any atom is 0.0840 e. The molecule has 0 atom stereocenters. The first-order valence-electron chi connectivity index (χ1n) is 5.40. The molecule has 1 aromatic carbocycles. The lowest BCUT2D eigenvalue weighted by Gasteiger charge is -2.26. The minimum atomic E-state index is -0.710. The van der Waals surface area contributed by atoms with E-state index in [4.69, 9.17) is 0 Å². The Labute approximate surface area is 85.8 Å². The van der Waals surface area contributed by atoms with Gasteiger partial charge in [-0.2, -0.15) is 0 Å². The van der Waals surface area contributed by atoms with E-state index in [-0.39, 0.29) is 0 Å². The van der Waals surface area contributed by atoms with Crippen molar-refractivity contribution in [1.29, 1.82) is 0 Å². The zero-order chi connectivity index (χ0) is 10.2. The van der Waals surface area contributed by atoms with Crippen LogP contribution in [0.4, 0.5) is 0 Å². The number of hydrogen-bond donors (Lipinski definition) is 1. The second-order valence-corrected chi connectivity index (χ2v) is 4.81. The molecule has 0 unspecified atom stereocenters. The molecule has 0 amide bonds. The third-order valence-electron chi connectivity index (χ3n) is 3.19. The molecule has 0 heterocycles. The maximum absolute atomic E-state index is 9.79. The third-order valence-corrected chi connectivity index (χ3v) is 3.19. The summed E-state index contributed by atoms with van der Waals surface area (Å²) < 4.78 is 0. The Kier molecular flexibility index (Phi) is 2.36. The molecule has 1 aliphatic rings. The fourth-order valence-electron chi connectivity index (χ4n) is 1.90. The van der Waals surface area contributed by atoms with Crippen LogP contribution < -0.4 is 0 Å². The highest BCUT2D eigenvalue weighted by molar-refractivity contribution is 5.29. The highest BCUT2D eigenvalue weighted by Crippen LogP contribution is 2.36. The Balaban J connectivity index is 2.17. The molecule has 1 aliphatic carbocycles. The minimum Gasteiger partial charge on any atom is -0.386 e. The molecule has 2 rings (SSSR count). The van der Waals surface area contributed by atoms with E-state index in [9.17, 15) is 5.11 Å². The van der Waals surface area contributed by atoms with Crippen molar-refractivity contribution < 1.29 is 5.11 Å². The average Bonchev–Trinajstić information content (AvgIpc) is 2.00. The highest BCUT2D eigenvalue weighted by Gasteiger charge is 2.20. The zero-order valence-electron chi connectivity index (χ0n) is 8.96. The summed E-state index contributed by atoms with van der Waals surface area (Å²) in [5.41, 5.74) is 1.72. The number of rotatable bonds is 2. The number of benzene rings is 1. The van der Waals surface area contributed by atoms with E-state index in [2.05, 4.69) is 12.1 Å². The molecule has 76 valence electrons. The van der Waals surface area contributed by atoms with Gasteiger partial charge in [0.25, 0.3) is 0 Å². The van der Waals surface area contributed by atoms with Gasteiger partial charge in [-0.1, -0.05) is 30.7 Å². The van der Waals surface area contributed by atoms with E-state index >= 15 is 0 Å². The van der Waals surface area contributed by atoms with E-state index < -0.39 is 5.60 Å². The molecule has 1 fully saturated rings. The lowest BCUT2D eigenvalue weighted by Crippen LogP contribution is -2.16. The van der Waals surface area contributed by atoms with Crippen molar-refractivity contribution in [2.75, 3.05) is 0 Å². The van der Waals surface area contributed by atoms with Crippen LogP contribution in [0.15, 0.2) is 24.3 Å². The van der Waals surface area contributed by atoms with Crippen LogP contribution in [0.5, 0.6) is 0 Å². The molecule has 1 aromatic rings. The van der Waals surface area contributed by atoms with E-state index in [1.54, 1.807) is 0 Å². The molecule has 0 radical (unpaired) electrons. The molecule has 0 bridgehead atoms. The van der Waals surface area contributed by atoms with Crippen molar-refractivity contribution in [1.82, 2.24) is 0 Å². The quantitative estimate of drug-likeness (QED) is 0.759. The van der Waals surface area contributed by atoms with Crippen LogP contribution in [0.25, 0.3) is 0 Å². The van der Waals surface area contributed by atoms with Gasteiger partial charge in [0.05, 0.1) is 5.60 Å². The first kappa shape index (κ1) is 9.72. The molecule has 1 heteroatoms. The Hall–Kier alpha value is -0.820. The second-order valence-electron chi connectivity index (χ2n) is 4.81. The van der Waals surface area contributed by atoms with Crippen molar-refractivity contribution in [3.63, 3.8) is 0 Å². The van der Waals surface area contributed by atoms with Crippen molar-refractivity contribution in [2.45, 2.75) is 44.6 Å². The van der Waals surface area contributed by atoms with Crippen molar-refractivity contribution >= 4 is 0 Å². The van der Waals surface area contributed by atoms with Gasteiger partial charge in [-0.05, 0) is 43.7 Å². The van der Waals surface area contributed by atoms with E-state index in [0.717, 1.165) is 11.5 Å². The number of aliphatic hydroxyl groups is 1. The summed E-state index contributed by atoms with van der Waals surface area (Å²) in [6.45, 7) is 3.65. The summed E-state index contributed by atoms with van der Waals surface area (Å²) in [5.74, 6) is 0.783. The summed E-state index contributed by atoms with van der Waals surface area (Å²) in [5, 5.41) is 9.79. The maximum atomic E-state index is 9.79. The Morgan fingerprint density at radius 2 is 1.71 bits per heavy atom. The Bertz CT molecular complexity index is 301. The smallest absolute Gasteiger partial charge is 0.0840 e. The van der Waals surface area contributed by atoms with Crippen molar-refractivity contribution in [3.05, 3.63) is 35.4 Å². The van der Waals surface area contributed by atoms with E-state index in [0.29, 0.717) is 0 Å². The van der Waals surface area contributed by atoms with Gasteiger partial charge >= 0.3 is 0 Å². The molecule has 1 N–H and O–H groups in total. The van der Waals surface area contributed by atoms with Gasteiger partial charge in [-0.3, -0.25) is 0 Å². The van der Waals surface area contributed by atoms with Gasteiger partial charge in [-0.25, -0.2) is 0 Å². The molecule has 1 nitrogen and oxygen atoms in total. The Morgan fingerprint density at radius 3 is 2.07 bits per heavy atom. The standard InChI is InChI=1S/C13H18O/c1-13(2,14)12-8-6-11(7-9-12)10-4-3-5-10/h6-10,14H,3-5H2,1-2H3. The number of hydrogen-bond acceptors (Lipinski definition) is 1. The molecule has 14 heavy (non-hydrogen) atoms. The summed E-state index contributed by atoms with van der Waals surface area (Å²) in [6, 6.07) is 8.43. The van der Waals surface area contributed by atoms with Gasteiger partial charge in [0.1, 0.15) is 0 Å². The predicted octanol–water partition coefficient (Wildman–Crippen LogP) is 3.18. The van der Waals surface area contributed by atoms with E-state index in [1.165, 1.54) is 24.8 Å². The van der Waals surface area contributed by atoms with Gasteiger partial charge in [-0.15, -0.1) is 0 Å². The summed E-state index contributed by atoms with van der Waals surface area (Å²) >= 11 is 0. The summed E-state index contributed by atoms with van der Waals surface area (Å²) in [7, 11) is 0. The van der Waals surface area contributed by atoms with Crippen LogP contribution in [0, 0.1) is 0 Å². The predicted molar refractivity (Wildman–Crippen MR) is 58.3 cm³/mol. The topological polar surface area (TPSA) is 20.2 Å². The molecule has 0 aliphatic heterocycles. The van der Waals surface area contributed by atoms with Crippen LogP contribution in [0.2, 0.25) is 0 Å². The molecule has 0 spiro atoms. The first-order chi connectivity index (χ1) is 6.57. The average molecular weight is 190 g/mol. The van der Waals surface area contributed by atoms with Crippen molar-refractivity contribution in [3.8, 4) is 0 Å². The van der Waals surface area contributed by atoms with Crippen LogP contribution in [-0.2, 0) is 5.60 Å². The Morgan fingerprint density at radius 1 is 1.14 bits per heavy atom. The van der Waals surface area contributed by atoms with Crippen LogP contribution in [-0.4, -0.2) is 5.11 Å². The summed E-state index contributed by atoms with van der Waals surface area (Å²) in [4.78, 5) is 0. The van der Waals surface area contributed by atoms with Crippen LogP contribution in [0.1, 0.15) is 50.2 Å².